The van der Waals surface area contributed by atoms with Gasteiger partial charge in [0.05, 0.1) is 7.11 Å². The van der Waals surface area contributed by atoms with Gasteiger partial charge in [0, 0.05) is 33.4 Å². The Hall–Kier alpha value is -1.75. The SMILES string of the molecule is CCOCCCCNC(=NC)NCCc1cccc(OC)c1. The van der Waals surface area contributed by atoms with Crippen LogP contribution in [0.4, 0.5) is 0 Å². The molecule has 0 radical (unpaired) electrons. The standard InChI is InChI=1S/C17H29N3O2/c1-4-22-13-6-5-11-19-17(18-2)20-12-10-15-8-7-9-16(14-15)21-3/h7-9,14H,4-6,10-13H2,1-3H3,(H2,18,19,20). The van der Waals surface area contributed by atoms with E-state index < -0.39 is 0 Å². The minimum absolute atomic E-state index is 0.793. The van der Waals surface area contributed by atoms with Crippen LogP contribution in [0.3, 0.4) is 0 Å². The lowest BCUT2D eigenvalue weighted by Gasteiger charge is -2.12. The second-order valence-corrected chi connectivity index (χ2v) is 4.93. The van der Waals surface area contributed by atoms with E-state index in [0.29, 0.717) is 0 Å². The third-order valence-electron chi connectivity index (χ3n) is 3.28. The van der Waals surface area contributed by atoms with Crippen molar-refractivity contribution in [2.75, 3.05) is 40.5 Å². The topological polar surface area (TPSA) is 54.9 Å². The van der Waals surface area contributed by atoms with Crippen molar-refractivity contribution < 1.29 is 9.47 Å². The lowest BCUT2D eigenvalue weighted by molar-refractivity contribution is 0.143. The normalized spacial score (nSPS) is 11.3. The predicted molar refractivity (Wildman–Crippen MR) is 91.8 cm³/mol. The lowest BCUT2D eigenvalue weighted by Crippen LogP contribution is -2.38. The van der Waals surface area contributed by atoms with Crippen LogP contribution >= 0.6 is 0 Å². The summed E-state index contributed by atoms with van der Waals surface area (Å²) in [6, 6.07) is 8.14. The molecule has 1 rings (SSSR count). The zero-order chi connectivity index (χ0) is 16.0. The molecule has 1 aromatic carbocycles. The molecule has 22 heavy (non-hydrogen) atoms. The highest BCUT2D eigenvalue weighted by molar-refractivity contribution is 5.79. The summed E-state index contributed by atoms with van der Waals surface area (Å²) in [4.78, 5) is 4.23. The maximum absolute atomic E-state index is 5.32. The van der Waals surface area contributed by atoms with Gasteiger partial charge in [-0.3, -0.25) is 4.99 Å². The van der Waals surface area contributed by atoms with E-state index in [1.54, 1.807) is 14.2 Å². The Morgan fingerprint density at radius 2 is 2.00 bits per heavy atom. The molecule has 0 aliphatic carbocycles. The Morgan fingerprint density at radius 3 is 2.73 bits per heavy atom. The van der Waals surface area contributed by atoms with Gasteiger partial charge in [0.25, 0.3) is 0 Å². The molecule has 0 saturated heterocycles. The molecule has 0 unspecified atom stereocenters. The van der Waals surface area contributed by atoms with Crippen LogP contribution in [0.2, 0.25) is 0 Å². The third-order valence-corrected chi connectivity index (χ3v) is 3.28. The molecule has 2 N–H and O–H groups in total. The number of unbranched alkanes of at least 4 members (excludes halogenated alkanes) is 1. The molecule has 0 heterocycles. The number of rotatable bonds is 10. The van der Waals surface area contributed by atoms with Gasteiger partial charge >= 0.3 is 0 Å². The van der Waals surface area contributed by atoms with E-state index in [9.17, 15) is 0 Å². The molecular weight excluding hydrogens is 278 g/mol. The summed E-state index contributed by atoms with van der Waals surface area (Å²) >= 11 is 0. The van der Waals surface area contributed by atoms with Crippen molar-refractivity contribution in [3.05, 3.63) is 29.8 Å². The summed E-state index contributed by atoms with van der Waals surface area (Å²) in [7, 11) is 3.48. The molecule has 1 aromatic rings. The van der Waals surface area contributed by atoms with Crippen molar-refractivity contribution in [3.8, 4) is 5.75 Å². The Morgan fingerprint density at radius 1 is 1.18 bits per heavy atom. The minimum Gasteiger partial charge on any atom is -0.497 e. The van der Waals surface area contributed by atoms with Gasteiger partial charge < -0.3 is 20.1 Å². The molecule has 0 amide bonds. The molecular formula is C17H29N3O2. The number of ether oxygens (including phenoxy) is 2. The number of hydrogen-bond donors (Lipinski definition) is 2. The fraction of sp³-hybridized carbons (Fsp3) is 0.588. The third kappa shape index (κ3) is 7.88. The van der Waals surface area contributed by atoms with Crippen LogP contribution in [0.15, 0.2) is 29.3 Å². The maximum Gasteiger partial charge on any atom is 0.190 e. The van der Waals surface area contributed by atoms with Gasteiger partial charge in [-0.15, -0.1) is 0 Å². The Labute approximate surface area is 134 Å². The van der Waals surface area contributed by atoms with Gasteiger partial charge in [0.15, 0.2) is 5.96 Å². The van der Waals surface area contributed by atoms with Gasteiger partial charge in [-0.2, -0.15) is 0 Å². The highest BCUT2D eigenvalue weighted by Gasteiger charge is 1.99. The van der Waals surface area contributed by atoms with Crippen LogP contribution in [-0.4, -0.2) is 46.4 Å². The van der Waals surface area contributed by atoms with Crippen molar-refractivity contribution >= 4 is 5.96 Å². The molecule has 0 fully saturated rings. The summed E-state index contributed by atoms with van der Waals surface area (Å²) in [6.07, 6.45) is 3.08. The highest BCUT2D eigenvalue weighted by atomic mass is 16.5. The number of guanidine groups is 1. The molecule has 0 spiro atoms. The van der Waals surface area contributed by atoms with Crippen LogP contribution in [0.5, 0.6) is 5.75 Å². The van der Waals surface area contributed by atoms with Crippen LogP contribution in [0.1, 0.15) is 25.3 Å². The predicted octanol–water partition coefficient (Wildman–Crippen LogP) is 2.22. The number of nitrogens with zero attached hydrogens (tertiary/aromatic N) is 1. The number of hydrogen-bond acceptors (Lipinski definition) is 3. The monoisotopic (exact) mass is 307 g/mol. The van der Waals surface area contributed by atoms with Crippen LogP contribution in [0.25, 0.3) is 0 Å². The summed E-state index contributed by atoms with van der Waals surface area (Å²) in [5.41, 5.74) is 1.25. The molecule has 5 nitrogen and oxygen atoms in total. The zero-order valence-corrected chi connectivity index (χ0v) is 14.0. The largest absolute Gasteiger partial charge is 0.497 e. The quantitative estimate of drug-likeness (QED) is 0.395. The van der Waals surface area contributed by atoms with Gasteiger partial charge in [0.1, 0.15) is 5.75 Å². The fourth-order valence-corrected chi connectivity index (χ4v) is 2.05. The molecule has 0 bridgehead atoms. The molecule has 0 aromatic heterocycles. The van der Waals surface area contributed by atoms with E-state index in [2.05, 4.69) is 27.8 Å². The second-order valence-electron chi connectivity index (χ2n) is 4.93. The molecule has 0 atom stereocenters. The average Bonchev–Trinajstić information content (AvgIpc) is 2.56. The van der Waals surface area contributed by atoms with E-state index >= 15 is 0 Å². The molecule has 5 heteroatoms. The Balaban J connectivity index is 2.18. The number of benzene rings is 1. The average molecular weight is 307 g/mol. The number of nitrogens with one attached hydrogen (secondary N) is 2. The van der Waals surface area contributed by atoms with E-state index in [1.165, 1.54) is 5.56 Å². The van der Waals surface area contributed by atoms with E-state index in [-0.39, 0.29) is 0 Å². The summed E-state index contributed by atoms with van der Waals surface area (Å²) < 4.78 is 10.5. The van der Waals surface area contributed by atoms with Crippen LogP contribution < -0.4 is 15.4 Å². The highest BCUT2D eigenvalue weighted by Crippen LogP contribution is 2.12. The Bertz CT molecular complexity index is 436. The molecule has 124 valence electrons. The first-order valence-corrected chi connectivity index (χ1v) is 7.95. The molecule has 0 aliphatic rings. The Kier molecular flexibility index (Phi) is 9.87. The van der Waals surface area contributed by atoms with E-state index in [4.69, 9.17) is 9.47 Å². The maximum atomic E-state index is 5.32. The number of aliphatic imine (C=N–C) groups is 1. The van der Waals surface area contributed by atoms with Gasteiger partial charge in [-0.1, -0.05) is 12.1 Å². The van der Waals surface area contributed by atoms with Crippen molar-refractivity contribution in [1.82, 2.24) is 10.6 Å². The first kappa shape index (κ1) is 18.3. The zero-order valence-electron chi connectivity index (χ0n) is 14.0. The van der Waals surface area contributed by atoms with Gasteiger partial charge in [-0.05, 0) is 43.9 Å². The second kappa shape index (κ2) is 11.9. The van der Waals surface area contributed by atoms with Gasteiger partial charge in [-0.25, -0.2) is 0 Å². The smallest absolute Gasteiger partial charge is 0.190 e. The van der Waals surface area contributed by atoms with E-state index in [1.807, 2.05) is 19.1 Å². The summed E-state index contributed by atoms with van der Waals surface area (Å²) in [5.74, 6) is 1.74. The number of methoxy groups -OCH3 is 1. The fourth-order valence-electron chi connectivity index (χ4n) is 2.05. The first-order valence-electron chi connectivity index (χ1n) is 7.95. The van der Waals surface area contributed by atoms with Gasteiger partial charge in [0.2, 0.25) is 0 Å². The first-order chi connectivity index (χ1) is 10.8. The summed E-state index contributed by atoms with van der Waals surface area (Å²) in [6.45, 7) is 5.39. The van der Waals surface area contributed by atoms with Crippen LogP contribution in [0, 0.1) is 0 Å². The lowest BCUT2D eigenvalue weighted by atomic mass is 10.1. The van der Waals surface area contributed by atoms with Crippen molar-refractivity contribution in [2.24, 2.45) is 4.99 Å². The molecule has 0 aliphatic heterocycles. The van der Waals surface area contributed by atoms with Crippen molar-refractivity contribution in [1.29, 1.82) is 0 Å². The minimum atomic E-state index is 0.793. The van der Waals surface area contributed by atoms with Crippen molar-refractivity contribution in [3.63, 3.8) is 0 Å². The van der Waals surface area contributed by atoms with Crippen molar-refractivity contribution in [2.45, 2.75) is 26.2 Å². The summed E-state index contributed by atoms with van der Waals surface area (Å²) in [5, 5.41) is 6.64. The molecule has 0 saturated carbocycles. The van der Waals surface area contributed by atoms with E-state index in [0.717, 1.165) is 57.3 Å². The van der Waals surface area contributed by atoms with Crippen LogP contribution in [-0.2, 0) is 11.2 Å².